The number of ether oxygens (including phenoxy) is 1. The number of fused-ring (bicyclic) bond motifs is 1. The van der Waals surface area contributed by atoms with E-state index in [1.54, 1.807) is 11.8 Å². The summed E-state index contributed by atoms with van der Waals surface area (Å²) in [6.07, 6.45) is 1.99. The minimum atomic E-state index is -0.281. The van der Waals surface area contributed by atoms with Gasteiger partial charge in [0, 0.05) is 11.0 Å². The van der Waals surface area contributed by atoms with Gasteiger partial charge >= 0.3 is 0 Å². The van der Waals surface area contributed by atoms with Crippen LogP contribution in [0.25, 0.3) is 11.0 Å². The van der Waals surface area contributed by atoms with Crippen LogP contribution in [0.1, 0.15) is 13.8 Å². The predicted octanol–water partition coefficient (Wildman–Crippen LogP) is 4.80. The number of aromatic amines is 1. The average molecular weight is 388 g/mol. The molecule has 2 aromatic carbocycles. The Morgan fingerprint density at radius 1 is 1.31 bits per heavy atom. The van der Waals surface area contributed by atoms with Crippen molar-refractivity contribution in [1.29, 1.82) is 0 Å². The van der Waals surface area contributed by atoms with Gasteiger partial charge in [-0.05, 0) is 44.4 Å². The van der Waals surface area contributed by atoms with E-state index in [9.17, 15) is 4.79 Å². The smallest absolute Gasteiger partial charge is 0.237 e. The molecule has 26 heavy (non-hydrogen) atoms. The molecular formula is C19H21N3O2S2. The number of H-pyrrole nitrogens is 1. The second-order valence-electron chi connectivity index (χ2n) is 5.60. The van der Waals surface area contributed by atoms with Crippen LogP contribution in [0.2, 0.25) is 0 Å². The van der Waals surface area contributed by atoms with Crippen LogP contribution in [-0.2, 0) is 4.79 Å². The minimum absolute atomic E-state index is 0.0491. The molecule has 0 radical (unpaired) electrons. The van der Waals surface area contributed by atoms with E-state index in [4.69, 9.17) is 4.74 Å². The molecule has 7 heteroatoms. The normalized spacial score (nSPS) is 12.1. The van der Waals surface area contributed by atoms with Crippen molar-refractivity contribution in [3.8, 4) is 5.75 Å². The van der Waals surface area contributed by atoms with Crippen LogP contribution in [0.4, 0.5) is 5.69 Å². The molecule has 0 spiro atoms. The number of benzene rings is 2. The number of aromatic nitrogens is 2. The van der Waals surface area contributed by atoms with Gasteiger partial charge in [0.05, 0.1) is 28.6 Å². The van der Waals surface area contributed by atoms with Crippen LogP contribution < -0.4 is 10.1 Å². The Labute approximate surface area is 161 Å². The molecule has 1 unspecified atom stereocenters. The number of thioether (sulfide) groups is 2. The Kier molecular flexibility index (Phi) is 6.11. The second kappa shape index (κ2) is 8.51. The third-order valence-corrected chi connectivity index (χ3v) is 5.55. The van der Waals surface area contributed by atoms with Crippen LogP contribution in [0, 0.1) is 0 Å². The molecule has 2 N–H and O–H groups in total. The highest BCUT2D eigenvalue weighted by Crippen LogP contribution is 2.28. The zero-order valence-corrected chi connectivity index (χ0v) is 16.5. The summed E-state index contributed by atoms with van der Waals surface area (Å²) < 4.78 is 5.51. The quantitative estimate of drug-likeness (QED) is 0.570. The molecule has 0 saturated heterocycles. The third kappa shape index (κ3) is 4.34. The number of para-hydroxylation sites is 1. The van der Waals surface area contributed by atoms with E-state index in [1.807, 2.05) is 62.6 Å². The maximum atomic E-state index is 12.5. The number of carbonyl (C=O) groups excluding carboxylic acids is 1. The first-order valence-electron chi connectivity index (χ1n) is 8.33. The highest BCUT2D eigenvalue weighted by atomic mass is 32.2. The Bertz CT molecular complexity index is 911. The van der Waals surface area contributed by atoms with Gasteiger partial charge in [-0.15, -0.1) is 11.8 Å². The molecule has 5 nitrogen and oxygen atoms in total. The number of amides is 1. The lowest BCUT2D eigenvalue weighted by Gasteiger charge is -2.12. The average Bonchev–Trinajstić information content (AvgIpc) is 3.03. The highest BCUT2D eigenvalue weighted by Gasteiger charge is 2.18. The third-order valence-electron chi connectivity index (χ3n) is 3.77. The lowest BCUT2D eigenvalue weighted by atomic mass is 10.3. The first kappa shape index (κ1) is 18.7. The van der Waals surface area contributed by atoms with E-state index < -0.39 is 0 Å². The first-order valence-corrected chi connectivity index (χ1v) is 10.4. The van der Waals surface area contributed by atoms with Gasteiger partial charge in [-0.3, -0.25) is 4.79 Å². The largest absolute Gasteiger partial charge is 0.494 e. The fourth-order valence-corrected chi connectivity index (χ4v) is 3.86. The maximum Gasteiger partial charge on any atom is 0.237 e. The molecule has 0 bridgehead atoms. The summed E-state index contributed by atoms with van der Waals surface area (Å²) in [6, 6.07) is 13.5. The van der Waals surface area contributed by atoms with Crippen molar-refractivity contribution in [2.45, 2.75) is 29.1 Å². The summed E-state index contributed by atoms with van der Waals surface area (Å²) in [4.78, 5) is 21.4. The molecule has 3 rings (SSSR count). The zero-order valence-electron chi connectivity index (χ0n) is 14.9. The molecule has 1 atom stereocenters. The second-order valence-corrected chi connectivity index (χ2v) is 7.78. The minimum Gasteiger partial charge on any atom is -0.494 e. The van der Waals surface area contributed by atoms with E-state index in [0.717, 1.165) is 32.5 Å². The topological polar surface area (TPSA) is 67.0 Å². The summed E-state index contributed by atoms with van der Waals surface area (Å²) in [5.74, 6) is 0.756. The van der Waals surface area contributed by atoms with Crippen molar-refractivity contribution >= 4 is 46.2 Å². The lowest BCUT2D eigenvalue weighted by molar-refractivity contribution is -0.115. The maximum absolute atomic E-state index is 12.5. The van der Waals surface area contributed by atoms with Crippen molar-refractivity contribution in [2.24, 2.45) is 0 Å². The fraction of sp³-hybridized carbons (Fsp3) is 0.263. The number of imidazole rings is 1. The molecule has 0 aliphatic heterocycles. The van der Waals surface area contributed by atoms with Crippen LogP contribution in [0.15, 0.2) is 52.5 Å². The number of nitrogens with zero attached hydrogens (tertiary/aromatic N) is 1. The molecule has 0 aliphatic rings. The van der Waals surface area contributed by atoms with Crippen molar-refractivity contribution < 1.29 is 9.53 Å². The van der Waals surface area contributed by atoms with Gasteiger partial charge in [-0.25, -0.2) is 4.98 Å². The van der Waals surface area contributed by atoms with E-state index in [2.05, 4.69) is 15.3 Å². The number of anilines is 1. The van der Waals surface area contributed by atoms with Crippen LogP contribution >= 0.6 is 23.5 Å². The predicted molar refractivity (Wildman–Crippen MR) is 109 cm³/mol. The molecule has 0 aliphatic carbocycles. The first-order chi connectivity index (χ1) is 12.6. The van der Waals surface area contributed by atoms with Gasteiger partial charge in [0.2, 0.25) is 5.91 Å². The number of nitrogens with one attached hydrogen (secondary N) is 2. The molecule has 0 fully saturated rings. The van der Waals surface area contributed by atoms with Gasteiger partial charge in [0.15, 0.2) is 5.16 Å². The lowest BCUT2D eigenvalue weighted by Crippen LogP contribution is -2.22. The SMILES string of the molecule is CCOc1ccc2nc(SC(C)C(=O)Nc3ccccc3SC)[nH]c2c1. The van der Waals surface area contributed by atoms with Gasteiger partial charge < -0.3 is 15.0 Å². The zero-order chi connectivity index (χ0) is 18.5. The summed E-state index contributed by atoms with van der Waals surface area (Å²) in [6.45, 7) is 4.45. The van der Waals surface area contributed by atoms with E-state index in [-0.39, 0.29) is 11.2 Å². The molecule has 1 aromatic heterocycles. The molecule has 136 valence electrons. The van der Waals surface area contributed by atoms with Gasteiger partial charge in [-0.2, -0.15) is 0 Å². The Balaban J connectivity index is 1.69. The van der Waals surface area contributed by atoms with Gasteiger partial charge in [0.25, 0.3) is 0 Å². The Hall–Kier alpha value is -2.12. The Morgan fingerprint density at radius 3 is 2.88 bits per heavy atom. The molecule has 1 amide bonds. The van der Waals surface area contributed by atoms with E-state index in [1.165, 1.54) is 11.8 Å². The van der Waals surface area contributed by atoms with Crippen LogP contribution in [0.3, 0.4) is 0 Å². The number of rotatable bonds is 7. The monoisotopic (exact) mass is 387 g/mol. The standard InChI is InChI=1S/C19H21N3O2S2/c1-4-24-13-9-10-14-16(11-13)22-19(21-14)26-12(2)18(23)20-15-7-5-6-8-17(15)25-3/h5-12H,4H2,1-3H3,(H,20,23)(H,21,22). The van der Waals surface area contributed by atoms with E-state index in [0.29, 0.717) is 6.61 Å². The van der Waals surface area contributed by atoms with Crippen molar-refractivity contribution in [3.05, 3.63) is 42.5 Å². The van der Waals surface area contributed by atoms with Crippen molar-refractivity contribution in [3.63, 3.8) is 0 Å². The molecule has 1 heterocycles. The van der Waals surface area contributed by atoms with Gasteiger partial charge in [0.1, 0.15) is 5.75 Å². The number of hydrogen-bond donors (Lipinski definition) is 2. The Morgan fingerprint density at radius 2 is 2.12 bits per heavy atom. The van der Waals surface area contributed by atoms with Crippen molar-refractivity contribution in [2.75, 3.05) is 18.2 Å². The summed E-state index contributed by atoms with van der Waals surface area (Å²) >= 11 is 3.01. The van der Waals surface area contributed by atoms with Gasteiger partial charge in [-0.1, -0.05) is 23.9 Å². The number of carbonyl (C=O) groups is 1. The highest BCUT2D eigenvalue weighted by molar-refractivity contribution is 8.00. The molecular weight excluding hydrogens is 366 g/mol. The summed E-state index contributed by atoms with van der Waals surface area (Å²) in [5.41, 5.74) is 2.60. The molecule has 0 saturated carbocycles. The van der Waals surface area contributed by atoms with Crippen LogP contribution in [0.5, 0.6) is 5.75 Å². The van der Waals surface area contributed by atoms with Crippen molar-refractivity contribution in [1.82, 2.24) is 9.97 Å². The summed E-state index contributed by atoms with van der Waals surface area (Å²) in [5, 5.41) is 3.44. The van der Waals surface area contributed by atoms with Crippen LogP contribution in [-0.4, -0.2) is 34.0 Å². The fourth-order valence-electron chi connectivity index (χ4n) is 2.48. The number of hydrogen-bond acceptors (Lipinski definition) is 5. The summed E-state index contributed by atoms with van der Waals surface area (Å²) in [7, 11) is 0. The molecule has 3 aromatic rings. The van der Waals surface area contributed by atoms with E-state index >= 15 is 0 Å².